The molecule has 0 spiro atoms. The molecule has 0 aliphatic carbocycles. The summed E-state index contributed by atoms with van der Waals surface area (Å²) in [6.07, 6.45) is -1.60. The molecule has 0 heterocycles. The number of ether oxygens (including phenoxy) is 1. The van der Waals surface area contributed by atoms with E-state index in [9.17, 15) is 19.8 Å². The van der Waals surface area contributed by atoms with Crippen LogP contribution in [0.3, 0.4) is 0 Å². The third kappa shape index (κ3) is 4.02. The molecule has 7 heteroatoms. The Kier molecular flexibility index (Phi) is 6.16. The van der Waals surface area contributed by atoms with Gasteiger partial charge in [-0.15, -0.1) is 0 Å². The summed E-state index contributed by atoms with van der Waals surface area (Å²) in [6.45, 7) is 5.23. The van der Waals surface area contributed by atoms with Gasteiger partial charge in [0.2, 0.25) is 0 Å². The van der Waals surface area contributed by atoms with Crippen molar-refractivity contribution in [1.29, 1.82) is 0 Å². The molecule has 0 unspecified atom stereocenters. The Balaban J connectivity index is 2.95. The third-order valence-electron chi connectivity index (χ3n) is 3.94. The molecule has 128 valence electrons. The van der Waals surface area contributed by atoms with Crippen LogP contribution in [0.2, 0.25) is 5.02 Å². The van der Waals surface area contributed by atoms with Crippen molar-refractivity contribution < 1.29 is 29.6 Å². The first-order valence-corrected chi connectivity index (χ1v) is 7.43. The smallest absolute Gasteiger partial charge is 0.316 e. The molecule has 0 aliphatic rings. The Labute approximate surface area is 139 Å². The number of aliphatic hydroxyl groups is 2. The van der Waals surface area contributed by atoms with E-state index in [0.717, 1.165) is 11.1 Å². The highest BCUT2D eigenvalue weighted by Gasteiger charge is 2.45. The maximum absolute atomic E-state index is 12.2. The van der Waals surface area contributed by atoms with Gasteiger partial charge in [0.05, 0.1) is 18.6 Å². The molecule has 0 aromatic heterocycles. The average molecular weight is 345 g/mol. The molecule has 3 N–H and O–H groups in total. The molecular formula is C16H21ClO6. The number of carboxylic acid groups (broad SMARTS) is 1. The molecular weight excluding hydrogens is 324 g/mol. The van der Waals surface area contributed by atoms with Crippen molar-refractivity contribution >= 4 is 23.5 Å². The number of hydrogen-bond acceptors (Lipinski definition) is 5. The van der Waals surface area contributed by atoms with Crippen LogP contribution in [0.25, 0.3) is 0 Å². The molecule has 0 radical (unpaired) electrons. The van der Waals surface area contributed by atoms with Gasteiger partial charge in [-0.3, -0.25) is 9.59 Å². The van der Waals surface area contributed by atoms with Crippen molar-refractivity contribution in [2.24, 2.45) is 11.3 Å². The van der Waals surface area contributed by atoms with Crippen LogP contribution < -0.4 is 4.74 Å². The summed E-state index contributed by atoms with van der Waals surface area (Å²) in [5.41, 5.74) is -0.397. The Hall–Kier alpha value is -1.63. The minimum atomic E-state index is -1.86. The van der Waals surface area contributed by atoms with E-state index in [2.05, 4.69) is 0 Å². The zero-order valence-corrected chi connectivity index (χ0v) is 14.2. The molecule has 6 nitrogen and oxygen atoms in total. The van der Waals surface area contributed by atoms with Gasteiger partial charge in [-0.25, -0.2) is 0 Å². The predicted molar refractivity (Wildman–Crippen MR) is 84.6 cm³/mol. The van der Waals surface area contributed by atoms with E-state index in [1.54, 1.807) is 26.0 Å². The molecule has 0 bridgehead atoms. The number of halogens is 1. The maximum Gasteiger partial charge on any atom is 0.316 e. The van der Waals surface area contributed by atoms with Crippen molar-refractivity contribution in [2.75, 3.05) is 6.61 Å². The van der Waals surface area contributed by atoms with Gasteiger partial charge in [0.25, 0.3) is 0 Å². The van der Waals surface area contributed by atoms with Crippen LogP contribution in [-0.2, 0) is 9.59 Å². The van der Waals surface area contributed by atoms with Gasteiger partial charge in [-0.05, 0) is 51.0 Å². The van der Waals surface area contributed by atoms with Gasteiger partial charge in [-0.2, -0.15) is 0 Å². The van der Waals surface area contributed by atoms with Crippen LogP contribution in [0.15, 0.2) is 12.1 Å². The van der Waals surface area contributed by atoms with Crippen molar-refractivity contribution in [1.82, 2.24) is 0 Å². The first-order chi connectivity index (χ1) is 10.5. The van der Waals surface area contributed by atoms with Crippen molar-refractivity contribution in [3.05, 3.63) is 28.3 Å². The lowest BCUT2D eigenvalue weighted by molar-refractivity contribution is -0.165. The number of aryl methyl sites for hydroxylation is 2. The van der Waals surface area contributed by atoms with E-state index >= 15 is 0 Å². The van der Waals surface area contributed by atoms with E-state index in [-0.39, 0.29) is 5.75 Å². The number of hydrogen-bond donors (Lipinski definition) is 3. The summed E-state index contributed by atoms with van der Waals surface area (Å²) in [6, 6.07) is 3.16. The number of carbonyl (C=O) groups excluding carboxylic acids is 1. The molecule has 1 aromatic carbocycles. The number of aliphatic carboxylic acids is 1. The van der Waals surface area contributed by atoms with Crippen molar-refractivity contribution in [2.45, 2.75) is 33.8 Å². The number of carboxylic acids is 1. The second-order valence-electron chi connectivity index (χ2n) is 5.91. The fourth-order valence-corrected chi connectivity index (χ4v) is 2.25. The Morgan fingerprint density at radius 2 is 1.78 bits per heavy atom. The quantitative estimate of drug-likeness (QED) is 0.538. The molecule has 0 aliphatic heterocycles. The number of esters is 1. The number of carbonyl (C=O) groups is 2. The Morgan fingerprint density at radius 3 is 2.17 bits per heavy atom. The Bertz CT molecular complexity index is 592. The summed E-state index contributed by atoms with van der Waals surface area (Å²) >= 11 is 6.04. The zero-order valence-electron chi connectivity index (χ0n) is 13.5. The van der Waals surface area contributed by atoms with E-state index < -0.39 is 36.0 Å². The molecule has 0 amide bonds. The number of rotatable bonds is 6. The molecule has 3 atom stereocenters. The highest BCUT2D eigenvalue weighted by molar-refractivity contribution is 6.32. The van der Waals surface area contributed by atoms with Gasteiger partial charge in [0, 0.05) is 5.02 Å². The lowest BCUT2D eigenvalue weighted by Gasteiger charge is -2.31. The average Bonchev–Trinajstić information content (AvgIpc) is 2.49. The second kappa shape index (κ2) is 7.29. The number of benzene rings is 1. The summed E-state index contributed by atoms with van der Waals surface area (Å²) in [4.78, 5) is 23.4. The van der Waals surface area contributed by atoms with Gasteiger partial charge in [-0.1, -0.05) is 11.6 Å². The standard InChI is InChI=1S/C16H21ClO6/c1-8-5-11(6-9(2)12(8)17)23-14(20)10(3)13(19)16(4,7-18)15(21)22/h5-6,10,13,18-19H,7H2,1-4H3,(H,21,22)/t10-,13-,16+/m1/s1. The molecule has 1 aromatic rings. The highest BCUT2D eigenvalue weighted by Crippen LogP contribution is 2.29. The van der Waals surface area contributed by atoms with E-state index in [0.29, 0.717) is 5.02 Å². The minimum absolute atomic E-state index is 0.259. The summed E-state index contributed by atoms with van der Waals surface area (Å²) in [5.74, 6) is -3.07. The van der Waals surface area contributed by atoms with E-state index in [1.165, 1.54) is 13.8 Å². The lowest BCUT2D eigenvalue weighted by Crippen LogP contribution is -2.48. The van der Waals surface area contributed by atoms with Crippen LogP contribution in [0.4, 0.5) is 0 Å². The highest BCUT2D eigenvalue weighted by atomic mass is 35.5. The van der Waals surface area contributed by atoms with Crippen LogP contribution >= 0.6 is 11.6 Å². The lowest BCUT2D eigenvalue weighted by atomic mass is 9.79. The molecule has 23 heavy (non-hydrogen) atoms. The first kappa shape index (κ1) is 19.4. The van der Waals surface area contributed by atoms with E-state index in [4.69, 9.17) is 21.4 Å². The summed E-state index contributed by atoms with van der Waals surface area (Å²) in [5, 5.41) is 29.1. The normalized spacial score (nSPS) is 16.3. The summed E-state index contributed by atoms with van der Waals surface area (Å²) in [7, 11) is 0. The first-order valence-electron chi connectivity index (χ1n) is 7.05. The largest absolute Gasteiger partial charge is 0.481 e. The van der Waals surface area contributed by atoms with Gasteiger partial charge in [0.15, 0.2) is 0 Å². The van der Waals surface area contributed by atoms with Crippen LogP contribution in [-0.4, -0.2) is 40.0 Å². The topological polar surface area (TPSA) is 104 Å². The van der Waals surface area contributed by atoms with Crippen LogP contribution in [0.5, 0.6) is 5.75 Å². The number of aliphatic hydroxyl groups excluding tert-OH is 2. The maximum atomic E-state index is 12.2. The third-order valence-corrected chi connectivity index (χ3v) is 4.54. The monoisotopic (exact) mass is 344 g/mol. The van der Waals surface area contributed by atoms with Gasteiger partial charge in [0.1, 0.15) is 11.2 Å². The molecule has 0 saturated heterocycles. The second-order valence-corrected chi connectivity index (χ2v) is 6.28. The van der Waals surface area contributed by atoms with Crippen molar-refractivity contribution in [3.63, 3.8) is 0 Å². The summed E-state index contributed by atoms with van der Waals surface area (Å²) < 4.78 is 5.20. The van der Waals surface area contributed by atoms with Crippen LogP contribution in [0, 0.1) is 25.2 Å². The minimum Gasteiger partial charge on any atom is -0.481 e. The van der Waals surface area contributed by atoms with Crippen LogP contribution in [0.1, 0.15) is 25.0 Å². The fourth-order valence-electron chi connectivity index (χ4n) is 2.14. The predicted octanol–water partition coefficient (Wildman–Crippen LogP) is 1.94. The SMILES string of the molecule is Cc1cc(OC(=O)[C@H](C)[C@@H](O)[C@](C)(CO)C(=O)O)cc(C)c1Cl. The van der Waals surface area contributed by atoms with Gasteiger partial charge < -0.3 is 20.1 Å². The molecule has 1 rings (SSSR count). The van der Waals surface area contributed by atoms with Gasteiger partial charge >= 0.3 is 11.9 Å². The molecule has 0 saturated carbocycles. The zero-order chi connectivity index (χ0) is 17.9. The van der Waals surface area contributed by atoms with Crippen molar-refractivity contribution in [3.8, 4) is 5.75 Å². The fraction of sp³-hybridized carbons (Fsp3) is 0.500. The molecule has 0 fully saturated rings. The van der Waals surface area contributed by atoms with E-state index in [1.807, 2.05) is 0 Å². The Morgan fingerprint density at radius 1 is 1.30 bits per heavy atom.